The predicted molar refractivity (Wildman–Crippen MR) is 132 cm³/mol. The Morgan fingerprint density at radius 3 is 2.26 bits per heavy atom. The topological polar surface area (TPSA) is 52.7 Å². The number of hydrogen-bond donors (Lipinski definition) is 1. The number of anilines is 2. The molecule has 1 N–H and O–H groups in total. The number of nitrogens with one attached hydrogen (secondary N) is 1. The Hall–Kier alpha value is -3.72. The second-order valence-corrected chi connectivity index (χ2v) is 8.43. The van der Waals surface area contributed by atoms with Crippen LogP contribution in [-0.4, -0.2) is 34.4 Å². The summed E-state index contributed by atoms with van der Waals surface area (Å²) in [7, 11) is 0. The van der Waals surface area contributed by atoms with E-state index in [9.17, 15) is 22.8 Å². The van der Waals surface area contributed by atoms with Crippen molar-refractivity contribution < 1.29 is 22.8 Å². The van der Waals surface area contributed by atoms with Crippen LogP contribution in [0.5, 0.6) is 0 Å². The van der Waals surface area contributed by atoms with Crippen molar-refractivity contribution in [3.63, 3.8) is 0 Å². The average molecular weight is 498 g/mol. The molecule has 0 aliphatic carbocycles. The van der Waals surface area contributed by atoms with Gasteiger partial charge in [0.05, 0.1) is 17.7 Å². The van der Waals surface area contributed by atoms with Gasteiger partial charge in [-0.15, -0.1) is 0 Å². The highest BCUT2D eigenvalue weighted by atomic mass is 32.1. The molecule has 0 aromatic heterocycles. The third-order valence-corrected chi connectivity index (χ3v) is 6.09. The summed E-state index contributed by atoms with van der Waals surface area (Å²) in [6.45, 7) is 0.327. The molecular formula is C26H22F3N3O2S. The summed E-state index contributed by atoms with van der Waals surface area (Å²) < 4.78 is 39.9. The monoisotopic (exact) mass is 497 g/mol. The van der Waals surface area contributed by atoms with Gasteiger partial charge in [-0.25, -0.2) is 0 Å². The van der Waals surface area contributed by atoms with Crippen LogP contribution >= 0.6 is 12.2 Å². The van der Waals surface area contributed by atoms with Gasteiger partial charge >= 0.3 is 6.18 Å². The maximum Gasteiger partial charge on any atom is 0.416 e. The number of para-hydroxylation sites is 1. The van der Waals surface area contributed by atoms with Crippen LogP contribution < -0.4 is 10.2 Å². The van der Waals surface area contributed by atoms with Crippen molar-refractivity contribution in [2.75, 3.05) is 16.8 Å². The van der Waals surface area contributed by atoms with E-state index in [0.717, 1.165) is 22.6 Å². The zero-order valence-corrected chi connectivity index (χ0v) is 19.4. The molecule has 3 aromatic rings. The van der Waals surface area contributed by atoms with Gasteiger partial charge in [-0.2, -0.15) is 13.2 Å². The molecule has 1 unspecified atom stereocenters. The first kappa shape index (κ1) is 24.4. The fourth-order valence-electron chi connectivity index (χ4n) is 3.95. The van der Waals surface area contributed by atoms with Gasteiger partial charge in [0.1, 0.15) is 6.04 Å². The van der Waals surface area contributed by atoms with Crippen molar-refractivity contribution in [1.82, 2.24) is 4.90 Å². The maximum absolute atomic E-state index is 13.4. The second-order valence-electron chi connectivity index (χ2n) is 8.07. The number of nitrogens with zero attached hydrogens (tertiary/aromatic N) is 2. The lowest BCUT2D eigenvalue weighted by molar-refractivity contribution is -0.137. The lowest BCUT2D eigenvalue weighted by Gasteiger charge is -2.24. The summed E-state index contributed by atoms with van der Waals surface area (Å²) in [6, 6.07) is 21.9. The number of benzene rings is 3. The fourth-order valence-corrected chi connectivity index (χ4v) is 4.36. The zero-order valence-electron chi connectivity index (χ0n) is 18.5. The number of alkyl halides is 3. The number of halogens is 3. The van der Waals surface area contributed by atoms with E-state index in [1.165, 1.54) is 12.1 Å². The lowest BCUT2D eigenvalue weighted by Crippen LogP contribution is -2.39. The quantitative estimate of drug-likeness (QED) is 0.452. The van der Waals surface area contributed by atoms with Crippen LogP contribution in [0.3, 0.4) is 0 Å². The fraction of sp³-hybridized carbons (Fsp3) is 0.192. The van der Waals surface area contributed by atoms with Gasteiger partial charge in [-0.05, 0) is 54.5 Å². The van der Waals surface area contributed by atoms with Gasteiger partial charge < -0.3 is 10.2 Å². The van der Waals surface area contributed by atoms with Crippen molar-refractivity contribution in [3.05, 3.63) is 96.1 Å². The van der Waals surface area contributed by atoms with Crippen LogP contribution in [0.25, 0.3) is 0 Å². The van der Waals surface area contributed by atoms with E-state index >= 15 is 0 Å². The predicted octanol–water partition coefficient (Wildman–Crippen LogP) is 5.28. The summed E-state index contributed by atoms with van der Waals surface area (Å²) in [4.78, 5) is 28.9. The molecule has 4 rings (SSSR count). The number of carbonyl (C=O) groups is 2. The van der Waals surface area contributed by atoms with E-state index in [1.807, 2.05) is 36.4 Å². The molecule has 1 saturated heterocycles. The molecular weight excluding hydrogens is 475 g/mol. The smallest absolute Gasteiger partial charge is 0.336 e. The van der Waals surface area contributed by atoms with Crippen LogP contribution in [0.15, 0.2) is 84.9 Å². The Balaban J connectivity index is 1.60. The molecule has 1 heterocycles. The van der Waals surface area contributed by atoms with E-state index in [2.05, 4.69) is 5.32 Å². The summed E-state index contributed by atoms with van der Waals surface area (Å²) in [5, 5.41) is 2.83. The molecule has 1 atom stereocenters. The molecule has 0 spiro atoms. The molecule has 0 saturated carbocycles. The Bertz CT molecular complexity index is 1220. The van der Waals surface area contributed by atoms with Crippen LogP contribution in [0.1, 0.15) is 17.5 Å². The molecule has 3 aromatic carbocycles. The van der Waals surface area contributed by atoms with E-state index < -0.39 is 29.6 Å². The largest absolute Gasteiger partial charge is 0.416 e. The molecule has 180 valence electrons. The van der Waals surface area contributed by atoms with Crippen LogP contribution in [0.2, 0.25) is 0 Å². The van der Waals surface area contributed by atoms with Crippen molar-refractivity contribution in [3.8, 4) is 0 Å². The van der Waals surface area contributed by atoms with Gasteiger partial charge in [0.15, 0.2) is 5.11 Å². The Morgan fingerprint density at radius 2 is 1.60 bits per heavy atom. The number of carbonyl (C=O) groups excluding carboxylic acids is 2. The van der Waals surface area contributed by atoms with Crippen molar-refractivity contribution >= 4 is 40.5 Å². The van der Waals surface area contributed by atoms with Crippen LogP contribution in [-0.2, 0) is 22.2 Å². The molecule has 35 heavy (non-hydrogen) atoms. The average Bonchev–Trinajstić information content (AvgIpc) is 3.07. The van der Waals surface area contributed by atoms with Gasteiger partial charge in [0, 0.05) is 12.2 Å². The SMILES string of the molecule is O=C(CC1C(=O)N(c2cccc(C(F)(F)F)c2)C(=S)N1CCc1ccccc1)Nc1ccccc1. The van der Waals surface area contributed by atoms with E-state index in [-0.39, 0.29) is 17.2 Å². The number of rotatable bonds is 7. The van der Waals surface area contributed by atoms with Gasteiger partial charge in [0.2, 0.25) is 5.91 Å². The third-order valence-electron chi connectivity index (χ3n) is 5.67. The number of amides is 2. The Labute approximate surface area is 206 Å². The number of hydrogen-bond acceptors (Lipinski definition) is 3. The molecule has 0 bridgehead atoms. The lowest BCUT2D eigenvalue weighted by atomic mass is 10.1. The standard InChI is InChI=1S/C26H22F3N3O2S/c27-26(28,29)19-10-7-13-21(16-19)32-24(34)22(17-23(33)30-20-11-5-2-6-12-20)31(25(32)35)15-14-18-8-3-1-4-9-18/h1-13,16,22H,14-15,17H2,(H,30,33). The normalized spacial score (nSPS) is 16.0. The summed E-state index contributed by atoms with van der Waals surface area (Å²) >= 11 is 5.55. The summed E-state index contributed by atoms with van der Waals surface area (Å²) in [5.74, 6) is -0.932. The first-order chi connectivity index (χ1) is 16.7. The molecule has 0 radical (unpaired) electrons. The van der Waals surface area contributed by atoms with Gasteiger partial charge in [0.25, 0.3) is 5.91 Å². The highest BCUT2D eigenvalue weighted by Gasteiger charge is 2.44. The zero-order chi connectivity index (χ0) is 25.0. The van der Waals surface area contributed by atoms with E-state index in [0.29, 0.717) is 18.7 Å². The summed E-state index contributed by atoms with van der Waals surface area (Å²) in [6.07, 6.45) is -4.22. The van der Waals surface area contributed by atoms with Gasteiger partial charge in [-0.3, -0.25) is 14.5 Å². The minimum Gasteiger partial charge on any atom is -0.336 e. The van der Waals surface area contributed by atoms with Crippen LogP contribution in [0.4, 0.5) is 24.5 Å². The molecule has 9 heteroatoms. The third kappa shape index (κ3) is 5.68. The highest BCUT2D eigenvalue weighted by molar-refractivity contribution is 7.80. The highest BCUT2D eigenvalue weighted by Crippen LogP contribution is 2.34. The number of thiocarbonyl (C=S) groups is 1. The minimum absolute atomic E-state index is 0.0190. The van der Waals surface area contributed by atoms with Crippen molar-refractivity contribution in [1.29, 1.82) is 0 Å². The molecule has 2 amide bonds. The second kappa shape index (κ2) is 10.3. The van der Waals surface area contributed by atoms with Gasteiger partial charge in [-0.1, -0.05) is 54.6 Å². The maximum atomic E-state index is 13.4. The Kier molecular flexibility index (Phi) is 7.16. The molecule has 1 aliphatic rings. The molecule has 1 fully saturated rings. The van der Waals surface area contributed by atoms with Crippen molar-refractivity contribution in [2.45, 2.75) is 25.1 Å². The van der Waals surface area contributed by atoms with E-state index in [1.54, 1.807) is 29.2 Å². The molecule has 5 nitrogen and oxygen atoms in total. The van der Waals surface area contributed by atoms with Crippen molar-refractivity contribution in [2.24, 2.45) is 0 Å². The van der Waals surface area contributed by atoms with Crippen LogP contribution in [0, 0.1) is 0 Å². The first-order valence-electron chi connectivity index (χ1n) is 10.9. The Morgan fingerprint density at radius 1 is 0.943 bits per heavy atom. The van der Waals surface area contributed by atoms with E-state index in [4.69, 9.17) is 12.2 Å². The molecule has 1 aliphatic heterocycles. The summed E-state index contributed by atoms with van der Waals surface area (Å²) in [5.41, 5.74) is 0.723. The first-order valence-corrected chi connectivity index (χ1v) is 11.4. The minimum atomic E-state index is -4.57.